The highest BCUT2D eigenvalue weighted by Crippen LogP contribution is 2.23. The zero-order valence-corrected chi connectivity index (χ0v) is 11.0. The molecular formula is C13H16ClN3O. The van der Waals surface area contributed by atoms with E-state index in [1.165, 1.54) is 5.56 Å². The summed E-state index contributed by atoms with van der Waals surface area (Å²) in [7, 11) is 0. The molecule has 18 heavy (non-hydrogen) atoms. The van der Waals surface area contributed by atoms with E-state index in [4.69, 9.17) is 4.52 Å². The van der Waals surface area contributed by atoms with Gasteiger partial charge in [-0.25, -0.2) is 0 Å². The Labute approximate surface area is 112 Å². The zero-order chi connectivity index (χ0) is 11.7. The van der Waals surface area contributed by atoms with E-state index in [1.54, 1.807) is 0 Å². The molecule has 1 fully saturated rings. The number of rotatable bonds is 2. The molecule has 4 nitrogen and oxygen atoms in total. The molecule has 0 aliphatic carbocycles. The van der Waals surface area contributed by atoms with Gasteiger partial charge in [0.15, 0.2) is 0 Å². The van der Waals surface area contributed by atoms with E-state index in [-0.39, 0.29) is 12.4 Å². The van der Waals surface area contributed by atoms with Crippen molar-refractivity contribution < 1.29 is 4.52 Å². The van der Waals surface area contributed by atoms with E-state index >= 15 is 0 Å². The van der Waals surface area contributed by atoms with Gasteiger partial charge in [0.1, 0.15) is 0 Å². The number of hydrogen-bond donors (Lipinski definition) is 1. The molecule has 2 aromatic rings. The van der Waals surface area contributed by atoms with Gasteiger partial charge in [0.25, 0.3) is 0 Å². The van der Waals surface area contributed by atoms with Gasteiger partial charge in [0.2, 0.25) is 11.7 Å². The van der Waals surface area contributed by atoms with E-state index in [9.17, 15) is 0 Å². The minimum Gasteiger partial charge on any atom is -0.339 e. The van der Waals surface area contributed by atoms with E-state index in [2.05, 4.69) is 34.5 Å². The van der Waals surface area contributed by atoms with Crippen molar-refractivity contribution in [3.8, 4) is 11.4 Å². The van der Waals surface area contributed by atoms with Crippen LogP contribution in [0.3, 0.4) is 0 Å². The van der Waals surface area contributed by atoms with Crippen LogP contribution in [0.2, 0.25) is 0 Å². The van der Waals surface area contributed by atoms with Crippen molar-refractivity contribution >= 4 is 12.4 Å². The molecule has 0 amide bonds. The van der Waals surface area contributed by atoms with Gasteiger partial charge < -0.3 is 9.84 Å². The van der Waals surface area contributed by atoms with Crippen LogP contribution < -0.4 is 5.32 Å². The summed E-state index contributed by atoms with van der Waals surface area (Å²) in [4.78, 5) is 4.47. The lowest BCUT2D eigenvalue weighted by atomic mass is 10.1. The first-order valence-corrected chi connectivity index (χ1v) is 5.94. The van der Waals surface area contributed by atoms with Crippen molar-refractivity contribution in [1.29, 1.82) is 0 Å². The normalized spacial score (nSPS) is 18.6. The SMILES string of the molecule is Cc1ccc(-c2noc([C@H]3CCNC3)n2)cc1.Cl. The van der Waals surface area contributed by atoms with E-state index < -0.39 is 0 Å². The molecule has 5 heteroatoms. The summed E-state index contributed by atoms with van der Waals surface area (Å²) < 4.78 is 5.33. The Morgan fingerprint density at radius 2 is 2.06 bits per heavy atom. The maximum absolute atomic E-state index is 5.33. The molecule has 2 heterocycles. The third kappa shape index (κ3) is 2.54. The average Bonchev–Trinajstić information content (AvgIpc) is 3.00. The second-order valence-corrected chi connectivity index (χ2v) is 4.51. The molecule has 1 aliphatic heterocycles. The smallest absolute Gasteiger partial charge is 0.231 e. The van der Waals surface area contributed by atoms with E-state index in [1.807, 2.05) is 12.1 Å². The summed E-state index contributed by atoms with van der Waals surface area (Å²) in [6, 6.07) is 8.17. The van der Waals surface area contributed by atoms with Crippen LogP contribution in [0, 0.1) is 6.92 Å². The van der Waals surface area contributed by atoms with Crippen molar-refractivity contribution in [2.24, 2.45) is 0 Å². The Morgan fingerprint density at radius 1 is 1.28 bits per heavy atom. The topological polar surface area (TPSA) is 51.0 Å². The van der Waals surface area contributed by atoms with Gasteiger partial charge in [-0.05, 0) is 19.9 Å². The number of aromatic nitrogens is 2. The minimum absolute atomic E-state index is 0. The zero-order valence-electron chi connectivity index (χ0n) is 10.2. The predicted molar refractivity (Wildman–Crippen MR) is 71.9 cm³/mol. The van der Waals surface area contributed by atoms with Gasteiger partial charge in [-0.2, -0.15) is 4.98 Å². The highest BCUT2D eigenvalue weighted by atomic mass is 35.5. The molecule has 1 aliphatic rings. The second kappa shape index (κ2) is 5.50. The summed E-state index contributed by atoms with van der Waals surface area (Å²) in [5.74, 6) is 1.82. The fourth-order valence-corrected chi connectivity index (χ4v) is 2.09. The third-order valence-electron chi connectivity index (χ3n) is 3.16. The second-order valence-electron chi connectivity index (χ2n) is 4.51. The summed E-state index contributed by atoms with van der Waals surface area (Å²) in [6.07, 6.45) is 1.08. The highest BCUT2D eigenvalue weighted by molar-refractivity contribution is 5.85. The maximum atomic E-state index is 5.33. The standard InChI is InChI=1S/C13H15N3O.ClH/c1-9-2-4-10(5-3-9)12-15-13(17-16-12)11-6-7-14-8-11;/h2-5,11,14H,6-8H2,1H3;1H/t11-;/m0./s1. The molecular weight excluding hydrogens is 250 g/mol. The molecule has 3 rings (SSSR count). The lowest BCUT2D eigenvalue weighted by Crippen LogP contribution is -2.08. The molecule has 0 unspecified atom stereocenters. The summed E-state index contributed by atoms with van der Waals surface area (Å²) in [5.41, 5.74) is 2.24. The molecule has 0 radical (unpaired) electrons. The van der Waals surface area contributed by atoms with E-state index in [0.717, 1.165) is 31.0 Å². The first kappa shape index (κ1) is 13.1. The van der Waals surface area contributed by atoms with Gasteiger partial charge in [-0.1, -0.05) is 35.0 Å². The Kier molecular flexibility index (Phi) is 3.99. The summed E-state index contributed by atoms with van der Waals surface area (Å²) in [6.45, 7) is 4.04. The highest BCUT2D eigenvalue weighted by Gasteiger charge is 2.22. The van der Waals surface area contributed by atoms with Gasteiger partial charge in [0, 0.05) is 12.1 Å². The van der Waals surface area contributed by atoms with Crippen molar-refractivity contribution in [2.45, 2.75) is 19.3 Å². The fraction of sp³-hybridized carbons (Fsp3) is 0.385. The molecule has 1 aromatic heterocycles. The van der Waals surface area contributed by atoms with Crippen LogP contribution in [0.15, 0.2) is 28.8 Å². The molecule has 1 saturated heterocycles. The number of nitrogens with zero attached hydrogens (tertiary/aromatic N) is 2. The summed E-state index contributed by atoms with van der Waals surface area (Å²) >= 11 is 0. The van der Waals surface area contributed by atoms with Crippen molar-refractivity contribution in [3.05, 3.63) is 35.7 Å². The molecule has 1 aromatic carbocycles. The fourth-order valence-electron chi connectivity index (χ4n) is 2.09. The number of halogens is 1. The number of nitrogens with one attached hydrogen (secondary N) is 1. The number of aryl methyl sites for hydroxylation is 1. The summed E-state index contributed by atoms with van der Waals surface area (Å²) in [5, 5.41) is 7.35. The molecule has 0 spiro atoms. The van der Waals surface area contributed by atoms with Crippen LogP contribution in [0.1, 0.15) is 23.8 Å². The van der Waals surface area contributed by atoms with Crippen LogP contribution in [-0.4, -0.2) is 23.2 Å². The van der Waals surface area contributed by atoms with Crippen LogP contribution in [0.5, 0.6) is 0 Å². The van der Waals surface area contributed by atoms with E-state index in [0.29, 0.717) is 11.7 Å². The lowest BCUT2D eigenvalue weighted by Gasteiger charge is -1.98. The lowest BCUT2D eigenvalue weighted by molar-refractivity contribution is 0.359. The average molecular weight is 266 g/mol. The number of benzene rings is 1. The molecule has 1 N–H and O–H groups in total. The van der Waals surface area contributed by atoms with Gasteiger partial charge in [-0.3, -0.25) is 0 Å². The predicted octanol–water partition coefficient (Wildman–Crippen LogP) is 2.54. The van der Waals surface area contributed by atoms with Gasteiger partial charge in [0.05, 0.1) is 5.92 Å². The van der Waals surface area contributed by atoms with Gasteiger partial charge in [-0.15, -0.1) is 12.4 Å². The Hall–Kier alpha value is -1.39. The Morgan fingerprint density at radius 3 is 2.72 bits per heavy atom. The Balaban J connectivity index is 0.00000120. The van der Waals surface area contributed by atoms with Crippen molar-refractivity contribution in [1.82, 2.24) is 15.5 Å². The molecule has 1 atom stereocenters. The molecule has 0 bridgehead atoms. The van der Waals surface area contributed by atoms with Crippen molar-refractivity contribution in [2.75, 3.05) is 13.1 Å². The van der Waals surface area contributed by atoms with Crippen LogP contribution >= 0.6 is 12.4 Å². The molecule has 96 valence electrons. The monoisotopic (exact) mass is 265 g/mol. The number of hydrogen-bond acceptors (Lipinski definition) is 4. The van der Waals surface area contributed by atoms with Crippen LogP contribution in [-0.2, 0) is 0 Å². The Bertz CT molecular complexity index is 503. The van der Waals surface area contributed by atoms with Crippen LogP contribution in [0.4, 0.5) is 0 Å². The third-order valence-corrected chi connectivity index (χ3v) is 3.16. The van der Waals surface area contributed by atoms with Crippen molar-refractivity contribution in [3.63, 3.8) is 0 Å². The van der Waals surface area contributed by atoms with Crippen LogP contribution in [0.25, 0.3) is 11.4 Å². The first-order valence-electron chi connectivity index (χ1n) is 5.94. The van der Waals surface area contributed by atoms with Gasteiger partial charge >= 0.3 is 0 Å². The quantitative estimate of drug-likeness (QED) is 0.907. The minimum atomic E-state index is 0. The molecule has 0 saturated carbocycles. The largest absolute Gasteiger partial charge is 0.339 e. The first-order chi connectivity index (χ1) is 8.33. The maximum Gasteiger partial charge on any atom is 0.231 e.